The first-order valence-electron chi connectivity index (χ1n) is 3.59. The standard InChI is InChI=1S/C6H9BN3O2/c1-7-3-5-6(10(11)12)8-4-9(5)2/h4H,3H2,1-2H3. The molecule has 1 radical (unpaired) electrons. The zero-order chi connectivity index (χ0) is 9.14. The summed E-state index contributed by atoms with van der Waals surface area (Å²) < 4.78 is 1.66. The lowest BCUT2D eigenvalue weighted by molar-refractivity contribution is -0.390. The highest BCUT2D eigenvalue weighted by atomic mass is 16.6. The van der Waals surface area contributed by atoms with Crippen LogP contribution in [0.2, 0.25) is 6.82 Å². The number of imidazole rings is 1. The molecule has 0 saturated heterocycles. The number of rotatable bonds is 3. The second-order valence-electron chi connectivity index (χ2n) is 2.50. The molecule has 0 aliphatic carbocycles. The average Bonchev–Trinajstić information content (AvgIpc) is 2.34. The number of hydrogen-bond donors (Lipinski definition) is 0. The highest BCUT2D eigenvalue weighted by Gasteiger charge is 2.18. The lowest BCUT2D eigenvalue weighted by Gasteiger charge is -1.97. The molecule has 0 aliphatic heterocycles. The molecule has 0 aromatic carbocycles. The number of nitrogens with zero attached hydrogens (tertiary/aromatic N) is 3. The fourth-order valence-corrected chi connectivity index (χ4v) is 1.02. The zero-order valence-electron chi connectivity index (χ0n) is 7.02. The van der Waals surface area contributed by atoms with Crippen molar-refractivity contribution in [2.45, 2.75) is 13.1 Å². The minimum Gasteiger partial charge on any atom is -0.358 e. The highest BCUT2D eigenvalue weighted by molar-refractivity contribution is 6.32. The third kappa shape index (κ3) is 1.47. The van der Waals surface area contributed by atoms with Gasteiger partial charge in [-0.2, -0.15) is 0 Å². The Balaban J connectivity index is 3.03. The molecular formula is C6H9BN3O2. The van der Waals surface area contributed by atoms with Gasteiger partial charge in [-0.1, -0.05) is 6.82 Å². The third-order valence-electron chi connectivity index (χ3n) is 1.61. The van der Waals surface area contributed by atoms with Crippen LogP contribution in [0.15, 0.2) is 6.33 Å². The van der Waals surface area contributed by atoms with Crippen LogP contribution in [0.25, 0.3) is 0 Å². The van der Waals surface area contributed by atoms with Gasteiger partial charge in [0.2, 0.25) is 6.33 Å². The van der Waals surface area contributed by atoms with Gasteiger partial charge in [-0.15, -0.1) is 0 Å². The Bertz CT molecular complexity index is 297. The summed E-state index contributed by atoms with van der Waals surface area (Å²) >= 11 is 0. The molecule has 12 heavy (non-hydrogen) atoms. The zero-order valence-corrected chi connectivity index (χ0v) is 7.02. The van der Waals surface area contributed by atoms with E-state index in [1.54, 1.807) is 11.6 Å². The molecule has 63 valence electrons. The molecule has 1 heterocycles. The quantitative estimate of drug-likeness (QED) is 0.374. The van der Waals surface area contributed by atoms with Gasteiger partial charge in [0.25, 0.3) is 0 Å². The van der Waals surface area contributed by atoms with Gasteiger partial charge in [0.1, 0.15) is 13.0 Å². The molecule has 0 bridgehead atoms. The topological polar surface area (TPSA) is 61.0 Å². The monoisotopic (exact) mass is 166 g/mol. The lowest BCUT2D eigenvalue weighted by Crippen LogP contribution is -2.02. The minimum atomic E-state index is -0.459. The SMILES string of the molecule is C[B]Cc1c([N+](=O)[O-])ncn1C. The van der Waals surface area contributed by atoms with Crippen LogP contribution in [0.5, 0.6) is 0 Å². The van der Waals surface area contributed by atoms with Gasteiger partial charge >= 0.3 is 5.82 Å². The molecular weight excluding hydrogens is 157 g/mol. The maximum absolute atomic E-state index is 10.4. The molecule has 0 atom stereocenters. The van der Waals surface area contributed by atoms with Gasteiger partial charge in [-0.05, 0) is 16.2 Å². The second-order valence-corrected chi connectivity index (χ2v) is 2.50. The van der Waals surface area contributed by atoms with Crippen molar-refractivity contribution in [3.05, 3.63) is 22.1 Å². The predicted molar refractivity (Wildman–Crippen MR) is 45.2 cm³/mol. The smallest absolute Gasteiger partial charge is 0.358 e. The van der Waals surface area contributed by atoms with Crippen molar-refractivity contribution in [1.82, 2.24) is 9.55 Å². The molecule has 1 aromatic rings. The molecule has 5 nitrogen and oxygen atoms in total. The van der Waals surface area contributed by atoms with E-state index in [1.807, 2.05) is 14.1 Å². The first kappa shape index (κ1) is 8.77. The van der Waals surface area contributed by atoms with Crippen molar-refractivity contribution in [3.63, 3.8) is 0 Å². The summed E-state index contributed by atoms with van der Waals surface area (Å²) in [5.41, 5.74) is 0.641. The van der Waals surface area contributed by atoms with Crippen LogP contribution in [0, 0.1) is 10.1 Å². The molecule has 0 spiro atoms. The van der Waals surface area contributed by atoms with Crippen molar-refractivity contribution in [1.29, 1.82) is 0 Å². The third-order valence-corrected chi connectivity index (χ3v) is 1.61. The normalized spacial score (nSPS) is 9.83. The average molecular weight is 166 g/mol. The maximum atomic E-state index is 10.4. The summed E-state index contributed by atoms with van der Waals surface area (Å²) in [5, 5.41) is 10.4. The van der Waals surface area contributed by atoms with E-state index in [-0.39, 0.29) is 5.82 Å². The Morgan fingerprint density at radius 2 is 2.50 bits per heavy atom. The first-order chi connectivity index (χ1) is 5.66. The lowest BCUT2D eigenvalue weighted by atomic mass is 9.76. The van der Waals surface area contributed by atoms with E-state index in [1.165, 1.54) is 6.33 Å². The largest absolute Gasteiger partial charge is 0.384 e. The molecule has 0 aliphatic rings. The first-order valence-corrected chi connectivity index (χ1v) is 3.59. The minimum absolute atomic E-state index is 0.0457. The fourth-order valence-electron chi connectivity index (χ4n) is 1.02. The van der Waals surface area contributed by atoms with Crippen LogP contribution in [0.4, 0.5) is 5.82 Å². The molecule has 0 fully saturated rings. The summed E-state index contributed by atoms with van der Waals surface area (Å²) in [6.45, 7) is 1.86. The van der Waals surface area contributed by atoms with E-state index < -0.39 is 4.92 Å². The van der Waals surface area contributed by atoms with Crippen LogP contribution >= 0.6 is 0 Å². The number of hydrogen-bond acceptors (Lipinski definition) is 3. The maximum Gasteiger partial charge on any atom is 0.384 e. The summed E-state index contributed by atoms with van der Waals surface area (Å²) in [4.78, 5) is 13.6. The van der Waals surface area contributed by atoms with Crippen LogP contribution in [0.1, 0.15) is 5.69 Å². The van der Waals surface area contributed by atoms with Crippen molar-refractivity contribution >= 4 is 13.1 Å². The van der Waals surface area contributed by atoms with Crippen molar-refractivity contribution in [3.8, 4) is 0 Å². The Morgan fingerprint density at radius 3 is 3.00 bits per heavy atom. The van der Waals surface area contributed by atoms with Crippen LogP contribution in [-0.2, 0) is 13.4 Å². The van der Waals surface area contributed by atoms with Gasteiger partial charge in [0, 0.05) is 7.05 Å². The second kappa shape index (κ2) is 3.38. The predicted octanol–water partition coefficient (Wildman–Crippen LogP) is 0.581. The molecule has 0 unspecified atom stereocenters. The molecule has 0 N–H and O–H groups in total. The Labute approximate surface area is 70.8 Å². The molecule has 0 saturated carbocycles. The van der Waals surface area contributed by atoms with Crippen LogP contribution in [-0.4, -0.2) is 21.8 Å². The Hall–Kier alpha value is -1.33. The summed E-state index contributed by atoms with van der Waals surface area (Å²) in [5.74, 6) is -0.0457. The summed E-state index contributed by atoms with van der Waals surface area (Å²) in [6.07, 6.45) is 2.03. The van der Waals surface area contributed by atoms with Gasteiger partial charge in [0.15, 0.2) is 0 Å². The molecule has 1 aromatic heterocycles. The van der Waals surface area contributed by atoms with E-state index in [4.69, 9.17) is 0 Å². The molecule has 6 heteroatoms. The molecule has 1 rings (SSSR count). The summed E-state index contributed by atoms with van der Waals surface area (Å²) in [6, 6.07) is 0. The van der Waals surface area contributed by atoms with E-state index in [0.717, 1.165) is 0 Å². The Morgan fingerprint density at radius 1 is 1.83 bits per heavy atom. The Kier molecular flexibility index (Phi) is 2.47. The van der Waals surface area contributed by atoms with Crippen molar-refractivity contribution < 1.29 is 4.92 Å². The van der Waals surface area contributed by atoms with E-state index in [2.05, 4.69) is 4.98 Å². The van der Waals surface area contributed by atoms with E-state index in [9.17, 15) is 10.1 Å². The fraction of sp³-hybridized carbons (Fsp3) is 0.500. The van der Waals surface area contributed by atoms with Crippen LogP contribution in [0.3, 0.4) is 0 Å². The highest BCUT2D eigenvalue weighted by Crippen LogP contribution is 2.14. The number of aromatic nitrogens is 2. The van der Waals surface area contributed by atoms with E-state index >= 15 is 0 Å². The van der Waals surface area contributed by atoms with Crippen molar-refractivity contribution in [2.75, 3.05) is 0 Å². The van der Waals surface area contributed by atoms with Crippen molar-refractivity contribution in [2.24, 2.45) is 7.05 Å². The summed E-state index contributed by atoms with van der Waals surface area (Å²) in [7, 11) is 3.61. The van der Waals surface area contributed by atoms with E-state index in [0.29, 0.717) is 12.0 Å². The van der Waals surface area contributed by atoms with Gasteiger partial charge in [0.05, 0.1) is 0 Å². The molecule has 0 amide bonds. The van der Waals surface area contributed by atoms with Gasteiger partial charge < -0.3 is 14.7 Å². The number of aryl methyl sites for hydroxylation is 1. The van der Waals surface area contributed by atoms with Gasteiger partial charge in [-0.3, -0.25) is 0 Å². The van der Waals surface area contributed by atoms with Gasteiger partial charge in [-0.25, -0.2) is 0 Å². The van der Waals surface area contributed by atoms with Crippen LogP contribution < -0.4 is 0 Å². The number of nitro groups is 1.